The van der Waals surface area contributed by atoms with E-state index in [1.165, 1.54) is 7.11 Å². The molecule has 3 fully saturated rings. The van der Waals surface area contributed by atoms with Crippen molar-refractivity contribution in [1.29, 1.82) is 0 Å². The first kappa shape index (κ1) is 16.6. The zero-order valence-electron chi connectivity index (χ0n) is 13.2. The van der Waals surface area contributed by atoms with E-state index in [0.29, 0.717) is 6.54 Å². The Morgan fingerprint density at radius 3 is 2.74 bits per heavy atom. The van der Waals surface area contributed by atoms with E-state index >= 15 is 0 Å². The molecule has 4 atom stereocenters. The summed E-state index contributed by atoms with van der Waals surface area (Å²) >= 11 is 0. The van der Waals surface area contributed by atoms with Gasteiger partial charge < -0.3 is 15.4 Å². The summed E-state index contributed by atoms with van der Waals surface area (Å²) in [5.74, 6) is -0.503. The van der Waals surface area contributed by atoms with Gasteiger partial charge in [-0.25, -0.2) is 16.3 Å². The molecule has 3 aliphatic rings. The van der Waals surface area contributed by atoms with Crippen LogP contribution in [0.2, 0.25) is 0 Å². The molecule has 130 valence electrons. The van der Waals surface area contributed by atoms with Crippen LogP contribution >= 0.6 is 0 Å². The Balaban J connectivity index is 1.46. The second kappa shape index (κ2) is 7.51. The third-order valence-electron chi connectivity index (χ3n) is 4.57. The van der Waals surface area contributed by atoms with Crippen LogP contribution in [0.4, 0.5) is 0 Å². The van der Waals surface area contributed by atoms with Crippen LogP contribution in [0.25, 0.3) is 0 Å². The Hall–Kier alpha value is -1.30. The van der Waals surface area contributed by atoms with Crippen molar-refractivity contribution in [2.45, 2.75) is 37.1 Å². The Kier molecular flexibility index (Phi) is 5.41. The molecule has 0 spiro atoms. The molecule has 6 N–H and O–H groups in total. The molecule has 3 saturated heterocycles. The highest BCUT2D eigenvalue weighted by molar-refractivity contribution is 5.84. The van der Waals surface area contributed by atoms with Crippen molar-refractivity contribution in [2.24, 2.45) is 0 Å². The smallest absolute Gasteiger partial charge is 0.326 e. The third kappa shape index (κ3) is 3.79. The fourth-order valence-corrected chi connectivity index (χ4v) is 3.19. The van der Waals surface area contributed by atoms with Crippen molar-refractivity contribution < 1.29 is 14.3 Å². The summed E-state index contributed by atoms with van der Waals surface area (Å²) in [5.41, 5.74) is 12.0. The van der Waals surface area contributed by atoms with E-state index < -0.39 is 12.0 Å². The van der Waals surface area contributed by atoms with Gasteiger partial charge in [0.2, 0.25) is 5.91 Å². The van der Waals surface area contributed by atoms with E-state index in [1.807, 2.05) is 0 Å². The molecule has 0 aromatic heterocycles. The zero-order valence-corrected chi connectivity index (χ0v) is 13.2. The lowest BCUT2D eigenvalue weighted by Crippen LogP contribution is -2.63. The van der Waals surface area contributed by atoms with Gasteiger partial charge in [-0.3, -0.25) is 19.9 Å². The third-order valence-corrected chi connectivity index (χ3v) is 4.57. The second-order valence-corrected chi connectivity index (χ2v) is 6.05. The van der Waals surface area contributed by atoms with Gasteiger partial charge in [0.1, 0.15) is 12.1 Å². The summed E-state index contributed by atoms with van der Waals surface area (Å²) in [6.45, 7) is 3.36. The van der Waals surface area contributed by atoms with Crippen molar-refractivity contribution in [3.8, 4) is 0 Å². The van der Waals surface area contributed by atoms with Crippen molar-refractivity contribution in [2.75, 3.05) is 33.4 Å². The molecule has 0 aliphatic carbocycles. The minimum Gasteiger partial charge on any atom is -0.468 e. The van der Waals surface area contributed by atoms with Gasteiger partial charge in [0.05, 0.1) is 19.3 Å². The van der Waals surface area contributed by atoms with Gasteiger partial charge in [-0.2, -0.15) is 0 Å². The molecule has 3 aliphatic heterocycles. The Morgan fingerprint density at radius 1 is 1.22 bits per heavy atom. The van der Waals surface area contributed by atoms with Crippen LogP contribution in [-0.2, 0) is 14.3 Å². The highest BCUT2D eigenvalue weighted by Crippen LogP contribution is 2.12. The van der Waals surface area contributed by atoms with Crippen LogP contribution in [0.3, 0.4) is 0 Å². The molecule has 23 heavy (non-hydrogen) atoms. The molecule has 0 radical (unpaired) electrons. The number of nitrogens with zero attached hydrogens (tertiary/aromatic N) is 1. The first-order valence-electron chi connectivity index (χ1n) is 8.01. The predicted octanol–water partition coefficient (Wildman–Crippen LogP) is -3.43. The monoisotopic (exact) mass is 327 g/mol. The molecule has 0 saturated carbocycles. The number of ether oxygens (including phenoxy) is 1. The molecule has 10 nitrogen and oxygen atoms in total. The van der Waals surface area contributed by atoms with E-state index in [9.17, 15) is 9.59 Å². The van der Waals surface area contributed by atoms with Crippen molar-refractivity contribution in [3.63, 3.8) is 0 Å². The fourth-order valence-electron chi connectivity index (χ4n) is 3.19. The Morgan fingerprint density at radius 2 is 2.09 bits per heavy atom. The second-order valence-electron chi connectivity index (χ2n) is 6.05. The average molecular weight is 327 g/mol. The topological polar surface area (TPSA) is 119 Å². The summed E-state index contributed by atoms with van der Waals surface area (Å²) in [7, 11) is 1.33. The maximum Gasteiger partial charge on any atom is 0.326 e. The lowest BCUT2D eigenvalue weighted by molar-refractivity contribution is -0.143. The van der Waals surface area contributed by atoms with Crippen LogP contribution < -0.4 is 32.3 Å². The van der Waals surface area contributed by atoms with Crippen LogP contribution in [-0.4, -0.2) is 74.5 Å². The number of hydrazine groups is 2. The largest absolute Gasteiger partial charge is 0.468 e. The Labute approximate surface area is 135 Å². The molecule has 0 aromatic carbocycles. The van der Waals surface area contributed by atoms with Gasteiger partial charge in [0.25, 0.3) is 0 Å². The summed E-state index contributed by atoms with van der Waals surface area (Å²) < 4.78 is 4.73. The number of hydrogen-bond donors (Lipinski definition) is 6. The zero-order chi connectivity index (χ0) is 16.2. The van der Waals surface area contributed by atoms with Crippen LogP contribution in [0.15, 0.2) is 0 Å². The number of nitrogens with one attached hydrogen (secondary N) is 6. The summed E-state index contributed by atoms with van der Waals surface area (Å²) in [4.78, 5) is 26.4. The Bertz CT molecular complexity index is 435. The fraction of sp³-hybridized carbons (Fsp3) is 0.846. The summed E-state index contributed by atoms with van der Waals surface area (Å²) in [6, 6.07) is -1.19. The van der Waals surface area contributed by atoms with E-state index in [-0.39, 0.29) is 24.2 Å². The molecular formula is C13H25N7O3. The average Bonchev–Trinajstić information content (AvgIpc) is 3.26. The first-order valence-corrected chi connectivity index (χ1v) is 8.01. The molecule has 4 unspecified atom stereocenters. The molecule has 0 bridgehead atoms. The van der Waals surface area contributed by atoms with Gasteiger partial charge >= 0.3 is 5.97 Å². The molecule has 3 heterocycles. The predicted molar refractivity (Wildman–Crippen MR) is 81.5 cm³/mol. The number of carbonyl (C=O) groups is 2. The number of methoxy groups -OCH3 is 1. The number of rotatable bonds is 4. The SMILES string of the molecule is COC(=O)C1NNCC1NC(=O)C1CCC(N2CCNC2)NN1. The van der Waals surface area contributed by atoms with Crippen LogP contribution in [0, 0.1) is 0 Å². The molecule has 10 heteroatoms. The van der Waals surface area contributed by atoms with Gasteiger partial charge in [-0.05, 0) is 12.8 Å². The van der Waals surface area contributed by atoms with Crippen molar-refractivity contribution in [1.82, 2.24) is 37.2 Å². The van der Waals surface area contributed by atoms with Crippen molar-refractivity contribution in [3.05, 3.63) is 0 Å². The van der Waals surface area contributed by atoms with E-state index in [2.05, 4.69) is 37.2 Å². The molecule has 3 rings (SSSR count). The minimum atomic E-state index is -0.566. The maximum absolute atomic E-state index is 12.4. The number of hydrogen-bond acceptors (Lipinski definition) is 9. The highest BCUT2D eigenvalue weighted by atomic mass is 16.5. The normalized spacial score (nSPS) is 35.2. The number of carbonyl (C=O) groups excluding carboxylic acids is 2. The summed E-state index contributed by atoms with van der Waals surface area (Å²) in [6.07, 6.45) is 1.89. The quantitative estimate of drug-likeness (QED) is 0.293. The molecule has 1 amide bonds. The van der Waals surface area contributed by atoms with E-state index in [4.69, 9.17) is 4.74 Å². The number of amides is 1. The van der Waals surface area contributed by atoms with Gasteiger partial charge in [0, 0.05) is 26.3 Å². The first-order chi connectivity index (χ1) is 11.2. The standard InChI is InChI=1S/C13H25N7O3/c1-23-13(22)11-9(6-15-19-11)16-12(21)8-2-3-10(18-17-8)20-5-4-14-7-20/h8-11,14-15,17-19H,2-7H2,1H3,(H,16,21). The van der Waals surface area contributed by atoms with Gasteiger partial charge in [-0.1, -0.05) is 0 Å². The van der Waals surface area contributed by atoms with Gasteiger partial charge in [0.15, 0.2) is 0 Å². The highest BCUT2D eigenvalue weighted by Gasteiger charge is 2.37. The van der Waals surface area contributed by atoms with Crippen LogP contribution in [0.5, 0.6) is 0 Å². The maximum atomic E-state index is 12.4. The summed E-state index contributed by atoms with van der Waals surface area (Å²) in [5, 5.41) is 6.20. The van der Waals surface area contributed by atoms with Crippen molar-refractivity contribution >= 4 is 11.9 Å². The molecular weight excluding hydrogens is 302 g/mol. The molecule has 0 aromatic rings. The minimum absolute atomic E-state index is 0.111. The van der Waals surface area contributed by atoms with Crippen LogP contribution in [0.1, 0.15) is 12.8 Å². The van der Waals surface area contributed by atoms with Gasteiger partial charge in [-0.15, -0.1) is 0 Å². The van der Waals surface area contributed by atoms with E-state index in [0.717, 1.165) is 32.6 Å². The lowest BCUT2D eigenvalue weighted by atomic mass is 10.1. The lowest BCUT2D eigenvalue weighted by Gasteiger charge is -2.35. The van der Waals surface area contributed by atoms with E-state index in [1.54, 1.807) is 0 Å². The number of esters is 1.